The second kappa shape index (κ2) is 10.6. The van der Waals surface area contributed by atoms with E-state index in [4.69, 9.17) is 67.5 Å². The largest absolute Gasteiger partial charge is 0.496 e. The molecule has 3 aromatic carbocycles. The highest BCUT2D eigenvalue weighted by molar-refractivity contribution is 7.71. The van der Waals surface area contributed by atoms with Crippen molar-refractivity contribution in [3.8, 4) is 11.5 Å². The minimum absolute atomic E-state index is 0.0143. The Morgan fingerprint density at radius 1 is 0.697 bits per heavy atom. The molecule has 3 aromatic rings. The highest BCUT2D eigenvalue weighted by atomic mass is 35.5. The number of benzene rings is 3. The molecule has 0 spiro atoms. The first kappa shape index (κ1) is 25.8. The third kappa shape index (κ3) is 4.72. The van der Waals surface area contributed by atoms with Gasteiger partial charge in [-0.1, -0.05) is 80.8 Å². The molecule has 0 N–H and O–H groups in total. The molecule has 0 fully saturated rings. The molecule has 11 heteroatoms. The number of hydrogen-bond acceptors (Lipinski definition) is 5. The molecule has 1 unspecified atom stereocenters. The first-order chi connectivity index (χ1) is 15.6. The van der Waals surface area contributed by atoms with Gasteiger partial charge < -0.3 is 9.47 Å². The van der Waals surface area contributed by atoms with Crippen LogP contribution in [0.1, 0.15) is 26.3 Å². The summed E-state index contributed by atoms with van der Waals surface area (Å²) >= 11 is 30.7. The lowest BCUT2D eigenvalue weighted by Crippen LogP contribution is -2.17. The van der Waals surface area contributed by atoms with Crippen molar-refractivity contribution in [3.63, 3.8) is 0 Å². The summed E-state index contributed by atoms with van der Waals surface area (Å²) in [6.07, 6.45) is 0. The third-order valence-corrected chi connectivity index (χ3v) is 8.33. The van der Waals surface area contributed by atoms with Gasteiger partial charge in [0.1, 0.15) is 11.5 Å². The Balaban J connectivity index is 2.16. The van der Waals surface area contributed by atoms with E-state index in [0.29, 0.717) is 0 Å². The topological polar surface area (TPSA) is 69.7 Å². The van der Waals surface area contributed by atoms with Gasteiger partial charge in [0, 0.05) is 0 Å². The van der Waals surface area contributed by atoms with Gasteiger partial charge in [0.25, 0.3) is 0 Å². The number of ketones is 1. The fraction of sp³-hybridized carbons (Fsp3) is 0.0909. The molecule has 0 saturated carbocycles. The Hall–Kier alpha value is -1.85. The minimum Gasteiger partial charge on any atom is -0.496 e. The summed E-state index contributed by atoms with van der Waals surface area (Å²) in [7, 11) is -0.0511. The lowest BCUT2D eigenvalue weighted by atomic mass is 10.0. The van der Waals surface area contributed by atoms with Crippen LogP contribution < -0.4 is 14.8 Å². The van der Waals surface area contributed by atoms with E-state index in [1.807, 2.05) is 0 Å². The molecule has 0 amide bonds. The van der Waals surface area contributed by atoms with Crippen molar-refractivity contribution >= 4 is 82.4 Å². The zero-order chi connectivity index (χ0) is 24.4. The smallest absolute Gasteiger partial charge is 0.459 e. The predicted molar refractivity (Wildman–Crippen MR) is 132 cm³/mol. The molecule has 0 aromatic heterocycles. The molecule has 0 radical (unpaired) electrons. The Morgan fingerprint density at radius 3 is 1.70 bits per heavy atom. The Kier molecular flexibility index (Phi) is 8.28. The fourth-order valence-corrected chi connectivity index (χ4v) is 5.62. The monoisotopic (exact) mass is 563 g/mol. The van der Waals surface area contributed by atoms with Gasteiger partial charge >= 0.3 is 13.3 Å². The van der Waals surface area contributed by atoms with E-state index in [1.54, 1.807) is 6.07 Å². The molecule has 0 aliphatic carbocycles. The van der Waals surface area contributed by atoms with Gasteiger partial charge in [0.2, 0.25) is 11.1 Å². The molecular weight excluding hydrogens is 552 g/mol. The van der Waals surface area contributed by atoms with E-state index < -0.39 is 19.1 Å². The van der Waals surface area contributed by atoms with Gasteiger partial charge in [-0.05, 0) is 24.3 Å². The van der Waals surface area contributed by atoms with Gasteiger partial charge in [0.05, 0.1) is 50.5 Å². The second-order valence-corrected chi connectivity index (χ2v) is 9.79. The Morgan fingerprint density at radius 2 is 1.18 bits per heavy atom. The summed E-state index contributed by atoms with van der Waals surface area (Å²) in [4.78, 5) is 26.7. The summed E-state index contributed by atoms with van der Waals surface area (Å²) in [5.41, 5.74) is -1.10. The van der Waals surface area contributed by atoms with Crippen LogP contribution in [0.4, 0.5) is 0 Å². The first-order valence-electron chi connectivity index (χ1n) is 9.03. The summed E-state index contributed by atoms with van der Waals surface area (Å²) < 4.78 is 23.9. The van der Waals surface area contributed by atoms with Crippen LogP contribution in [0.2, 0.25) is 25.1 Å². The van der Waals surface area contributed by atoms with Crippen LogP contribution in [0.5, 0.6) is 11.5 Å². The first-order valence-corrected chi connectivity index (χ1v) is 12.2. The molecule has 5 nitrogen and oxygen atoms in total. The normalized spacial score (nSPS) is 11.2. The zero-order valence-corrected chi connectivity index (χ0v) is 21.6. The molecule has 1 atom stereocenters. The van der Waals surface area contributed by atoms with Crippen molar-refractivity contribution < 1.29 is 23.6 Å². The predicted octanol–water partition coefficient (Wildman–Crippen LogP) is 7.49. The van der Waals surface area contributed by atoms with Crippen LogP contribution in [-0.4, -0.2) is 25.5 Å². The van der Waals surface area contributed by atoms with Crippen LogP contribution in [0.25, 0.3) is 0 Å². The average molecular weight is 566 g/mol. The number of carbonyl (C=O) groups excluding carboxylic acids is 2. The number of hydrogen-bond donors (Lipinski definition) is 0. The minimum atomic E-state index is -2.79. The van der Waals surface area contributed by atoms with E-state index in [-0.39, 0.29) is 58.6 Å². The van der Waals surface area contributed by atoms with Crippen molar-refractivity contribution in [3.05, 3.63) is 84.3 Å². The number of methoxy groups -OCH3 is 2. The van der Waals surface area contributed by atoms with E-state index in [2.05, 4.69) is 0 Å². The number of ether oxygens (including phenoxy) is 2. The molecule has 0 saturated heterocycles. The average Bonchev–Trinajstić information content (AvgIpc) is 2.84. The van der Waals surface area contributed by atoms with E-state index >= 15 is 0 Å². The van der Waals surface area contributed by atoms with Gasteiger partial charge in [-0.15, -0.1) is 0 Å². The van der Waals surface area contributed by atoms with Crippen molar-refractivity contribution in [2.75, 3.05) is 14.2 Å². The maximum atomic E-state index is 13.4. The number of halogens is 5. The quantitative estimate of drug-likeness (QED) is 0.128. The van der Waals surface area contributed by atoms with Crippen molar-refractivity contribution in [1.29, 1.82) is 0 Å². The van der Waals surface area contributed by atoms with Crippen LogP contribution in [0.3, 0.4) is 0 Å². The molecule has 3 rings (SSSR count). The molecular formula is C22H13Cl5O5P+. The van der Waals surface area contributed by atoms with E-state index in [9.17, 15) is 14.2 Å². The second-order valence-electron chi connectivity index (χ2n) is 6.43. The van der Waals surface area contributed by atoms with Crippen molar-refractivity contribution in [2.45, 2.75) is 0 Å². The molecule has 0 bridgehead atoms. The molecule has 0 aliphatic heterocycles. The van der Waals surface area contributed by atoms with Crippen LogP contribution in [0.15, 0.2) is 42.5 Å². The highest BCUT2D eigenvalue weighted by Gasteiger charge is 2.41. The Bertz CT molecular complexity index is 1260. The van der Waals surface area contributed by atoms with Crippen molar-refractivity contribution in [1.82, 2.24) is 0 Å². The summed E-state index contributed by atoms with van der Waals surface area (Å²) in [5, 5.41) is -0.902. The van der Waals surface area contributed by atoms with Crippen molar-refractivity contribution in [2.24, 2.45) is 0 Å². The molecule has 0 aliphatic rings. The lowest BCUT2D eigenvalue weighted by molar-refractivity contribution is 0.103. The molecule has 33 heavy (non-hydrogen) atoms. The van der Waals surface area contributed by atoms with Crippen LogP contribution in [-0.2, 0) is 4.57 Å². The van der Waals surface area contributed by atoms with Gasteiger partial charge in [-0.3, -0.25) is 4.79 Å². The Labute approximate surface area is 215 Å². The van der Waals surface area contributed by atoms with E-state index in [1.165, 1.54) is 50.6 Å². The standard InChI is InChI=1S/C22H13Cl5O5P/c1-31-11-7-5-8-12(32-2)14(11)22(29)33(30)13-9-4-3-6-10(13)21(28)15-16(23)18(25)20(27)19(26)17(15)24/h3-9H,1-2H3/q+1. The van der Waals surface area contributed by atoms with Gasteiger partial charge in [-0.25, -0.2) is 4.79 Å². The fourth-order valence-electron chi connectivity index (χ4n) is 3.05. The van der Waals surface area contributed by atoms with Crippen LogP contribution in [0, 0.1) is 0 Å². The number of rotatable bonds is 7. The maximum absolute atomic E-state index is 13.4. The summed E-state index contributed by atoms with van der Waals surface area (Å²) in [5.74, 6) is -0.382. The maximum Gasteiger partial charge on any atom is 0.459 e. The van der Waals surface area contributed by atoms with Gasteiger partial charge in [-0.2, -0.15) is 0 Å². The SMILES string of the molecule is COc1cccc(OC)c1C(=O)[P+](=O)c1ccccc1C(=O)c1c(Cl)c(Cl)c(Cl)c(Cl)c1Cl. The van der Waals surface area contributed by atoms with E-state index in [0.717, 1.165) is 0 Å². The van der Waals surface area contributed by atoms with Crippen LogP contribution >= 0.6 is 65.8 Å². The van der Waals surface area contributed by atoms with Gasteiger partial charge in [0.15, 0.2) is 5.56 Å². The lowest BCUT2D eigenvalue weighted by Gasteiger charge is -2.12. The molecule has 170 valence electrons. The molecule has 0 heterocycles. The zero-order valence-electron chi connectivity index (χ0n) is 16.9. The summed E-state index contributed by atoms with van der Waals surface area (Å²) in [6.45, 7) is 0. The summed E-state index contributed by atoms with van der Waals surface area (Å²) in [6, 6.07) is 10.6. The third-order valence-electron chi connectivity index (χ3n) is 4.63. The highest BCUT2D eigenvalue weighted by Crippen LogP contribution is 2.45. The number of carbonyl (C=O) groups is 2.